The number of rotatable bonds is 7. The van der Waals surface area contributed by atoms with Crippen molar-refractivity contribution in [1.82, 2.24) is 25.1 Å². The van der Waals surface area contributed by atoms with Crippen molar-refractivity contribution in [2.24, 2.45) is 5.92 Å². The molecule has 0 unspecified atom stereocenters. The van der Waals surface area contributed by atoms with Gasteiger partial charge in [-0.05, 0) is 34.5 Å². The summed E-state index contributed by atoms with van der Waals surface area (Å²) < 4.78 is 6.14. The predicted octanol–water partition coefficient (Wildman–Crippen LogP) is 1.32. The molecule has 0 spiro atoms. The lowest BCUT2D eigenvalue weighted by atomic mass is 10.1. The van der Waals surface area contributed by atoms with Gasteiger partial charge in [-0.2, -0.15) is 0 Å². The molecule has 2 aromatic rings. The average Bonchev–Trinajstić information content (AvgIpc) is 3.12. The van der Waals surface area contributed by atoms with Gasteiger partial charge in [0.15, 0.2) is 0 Å². The van der Waals surface area contributed by atoms with Gasteiger partial charge in [0.05, 0.1) is 19.2 Å². The van der Waals surface area contributed by atoms with Gasteiger partial charge in [-0.25, -0.2) is 4.68 Å². The first kappa shape index (κ1) is 17.6. The molecule has 0 N–H and O–H groups in total. The molecule has 8 heteroatoms. The molecular weight excluding hydrogens is 310 g/mol. The molecule has 0 radical (unpaired) electrons. The van der Waals surface area contributed by atoms with E-state index in [2.05, 4.69) is 20.3 Å². The molecule has 0 atom stereocenters. The fourth-order valence-electron chi connectivity index (χ4n) is 2.29. The Morgan fingerprint density at radius 1 is 1.33 bits per heavy atom. The number of carbonyl (C=O) groups is 2. The normalized spacial score (nSPS) is 10.7. The van der Waals surface area contributed by atoms with E-state index in [0.29, 0.717) is 24.3 Å². The number of ether oxygens (including phenoxy) is 1. The summed E-state index contributed by atoms with van der Waals surface area (Å²) in [6.07, 6.45) is 1.63. The molecule has 1 heterocycles. The SMILES string of the molecule is COC(=O)CCN(CC(C)C)C(=O)c1cccc(-n2cnnn2)c1. The van der Waals surface area contributed by atoms with Crippen molar-refractivity contribution in [2.75, 3.05) is 20.2 Å². The van der Waals surface area contributed by atoms with Crippen molar-refractivity contribution in [3.63, 3.8) is 0 Å². The molecule has 1 aromatic carbocycles. The summed E-state index contributed by atoms with van der Waals surface area (Å²) >= 11 is 0. The number of nitrogens with zero attached hydrogens (tertiary/aromatic N) is 5. The number of esters is 1. The number of hydrogen-bond acceptors (Lipinski definition) is 6. The Balaban J connectivity index is 2.18. The van der Waals surface area contributed by atoms with E-state index in [1.54, 1.807) is 23.1 Å². The molecule has 0 fully saturated rings. The zero-order valence-corrected chi connectivity index (χ0v) is 14.0. The standard InChI is InChI=1S/C16H21N5O3/c1-12(2)10-20(8-7-15(22)24-3)16(23)13-5-4-6-14(9-13)21-11-17-18-19-21/h4-6,9,11-12H,7-8,10H2,1-3H3. The highest BCUT2D eigenvalue weighted by atomic mass is 16.5. The Labute approximate surface area is 140 Å². The number of hydrogen-bond donors (Lipinski definition) is 0. The maximum atomic E-state index is 12.8. The van der Waals surface area contributed by atoms with E-state index in [9.17, 15) is 9.59 Å². The largest absolute Gasteiger partial charge is 0.469 e. The molecule has 0 saturated heterocycles. The highest BCUT2D eigenvalue weighted by Gasteiger charge is 2.19. The molecule has 0 aliphatic carbocycles. The van der Waals surface area contributed by atoms with E-state index in [1.165, 1.54) is 18.1 Å². The third kappa shape index (κ3) is 4.61. The number of benzene rings is 1. The maximum absolute atomic E-state index is 12.8. The van der Waals surface area contributed by atoms with Crippen LogP contribution in [0, 0.1) is 5.92 Å². The van der Waals surface area contributed by atoms with Gasteiger partial charge in [-0.1, -0.05) is 19.9 Å². The summed E-state index contributed by atoms with van der Waals surface area (Å²) in [5.74, 6) is -0.184. The zero-order chi connectivity index (χ0) is 17.5. The van der Waals surface area contributed by atoms with Gasteiger partial charge in [0, 0.05) is 18.7 Å². The van der Waals surface area contributed by atoms with Crippen LogP contribution in [0.5, 0.6) is 0 Å². The number of carbonyl (C=O) groups excluding carboxylic acids is 2. The first-order valence-electron chi connectivity index (χ1n) is 7.70. The van der Waals surface area contributed by atoms with Gasteiger partial charge in [0.25, 0.3) is 5.91 Å². The van der Waals surface area contributed by atoms with Crippen LogP contribution in [0.1, 0.15) is 30.6 Å². The van der Waals surface area contributed by atoms with Gasteiger partial charge in [-0.15, -0.1) is 5.10 Å². The second-order valence-electron chi connectivity index (χ2n) is 5.78. The fourth-order valence-corrected chi connectivity index (χ4v) is 2.29. The molecule has 1 aromatic heterocycles. The molecular formula is C16H21N5O3. The van der Waals surface area contributed by atoms with Crippen molar-refractivity contribution in [2.45, 2.75) is 20.3 Å². The van der Waals surface area contributed by atoms with Gasteiger partial charge in [-0.3, -0.25) is 9.59 Å². The van der Waals surface area contributed by atoms with Crippen LogP contribution < -0.4 is 0 Å². The van der Waals surface area contributed by atoms with E-state index in [0.717, 1.165) is 0 Å². The van der Waals surface area contributed by atoms with Crippen LogP contribution in [-0.2, 0) is 9.53 Å². The first-order chi connectivity index (χ1) is 11.5. The maximum Gasteiger partial charge on any atom is 0.307 e. The minimum Gasteiger partial charge on any atom is -0.469 e. The Morgan fingerprint density at radius 3 is 2.75 bits per heavy atom. The van der Waals surface area contributed by atoms with E-state index >= 15 is 0 Å². The van der Waals surface area contributed by atoms with Gasteiger partial charge in [0.1, 0.15) is 6.33 Å². The van der Waals surface area contributed by atoms with Crippen LogP contribution >= 0.6 is 0 Å². The molecule has 2 rings (SSSR count). The topological polar surface area (TPSA) is 90.2 Å². The van der Waals surface area contributed by atoms with E-state index < -0.39 is 0 Å². The Hall–Kier alpha value is -2.77. The monoisotopic (exact) mass is 331 g/mol. The van der Waals surface area contributed by atoms with Crippen molar-refractivity contribution < 1.29 is 14.3 Å². The summed E-state index contributed by atoms with van der Waals surface area (Å²) in [7, 11) is 1.34. The molecule has 0 aliphatic rings. The fraction of sp³-hybridized carbons (Fsp3) is 0.438. The van der Waals surface area contributed by atoms with Crippen LogP contribution in [0.2, 0.25) is 0 Å². The van der Waals surface area contributed by atoms with Crippen molar-refractivity contribution in [1.29, 1.82) is 0 Å². The molecule has 128 valence electrons. The summed E-state index contributed by atoms with van der Waals surface area (Å²) in [6.45, 7) is 4.93. The summed E-state index contributed by atoms with van der Waals surface area (Å²) in [5.41, 5.74) is 1.22. The number of tetrazole rings is 1. The summed E-state index contributed by atoms with van der Waals surface area (Å²) in [5, 5.41) is 11.0. The Bertz CT molecular complexity index is 685. The van der Waals surface area contributed by atoms with Crippen molar-refractivity contribution in [3.8, 4) is 5.69 Å². The van der Waals surface area contributed by atoms with Crippen molar-refractivity contribution in [3.05, 3.63) is 36.2 Å². The second-order valence-corrected chi connectivity index (χ2v) is 5.78. The smallest absolute Gasteiger partial charge is 0.307 e. The highest BCUT2D eigenvalue weighted by molar-refractivity contribution is 5.95. The molecule has 0 saturated carbocycles. The minimum atomic E-state index is -0.334. The van der Waals surface area contributed by atoms with Crippen LogP contribution in [0.4, 0.5) is 0 Å². The third-order valence-corrected chi connectivity index (χ3v) is 3.39. The lowest BCUT2D eigenvalue weighted by molar-refractivity contribution is -0.140. The van der Waals surface area contributed by atoms with E-state index in [-0.39, 0.29) is 24.2 Å². The lowest BCUT2D eigenvalue weighted by Crippen LogP contribution is -2.36. The lowest BCUT2D eigenvalue weighted by Gasteiger charge is -2.24. The first-order valence-corrected chi connectivity index (χ1v) is 7.70. The van der Waals surface area contributed by atoms with E-state index in [1.807, 2.05) is 19.9 Å². The van der Waals surface area contributed by atoms with Gasteiger partial charge >= 0.3 is 5.97 Å². The van der Waals surface area contributed by atoms with Crippen molar-refractivity contribution >= 4 is 11.9 Å². The van der Waals surface area contributed by atoms with Gasteiger partial charge in [0.2, 0.25) is 0 Å². The van der Waals surface area contributed by atoms with Crippen LogP contribution in [-0.4, -0.2) is 57.2 Å². The van der Waals surface area contributed by atoms with Crippen LogP contribution in [0.15, 0.2) is 30.6 Å². The molecule has 24 heavy (non-hydrogen) atoms. The molecule has 1 amide bonds. The third-order valence-electron chi connectivity index (χ3n) is 3.39. The van der Waals surface area contributed by atoms with Crippen LogP contribution in [0.25, 0.3) is 5.69 Å². The second kappa shape index (κ2) is 8.19. The molecule has 8 nitrogen and oxygen atoms in total. The number of amides is 1. The van der Waals surface area contributed by atoms with Gasteiger partial charge < -0.3 is 9.64 Å². The quantitative estimate of drug-likeness (QED) is 0.711. The van der Waals surface area contributed by atoms with E-state index in [4.69, 9.17) is 0 Å². The number of methoxy groups -OCH3 is 1. The number of aromatic nitrogens is 4. The summed E-state index contributed by atoms with van der Waals surface area (Å²) in [6, 6.07) is 7.05. The minimum absolute atomic E-state index is 0.137. The average molecular weight is 331 g/mol. The summed E-state index contributed by atoms with van der Waals surface area (Å²) in [4.78, 5) is 25.9. The Morgan fingerprint density at radius 2 is 2.12 bits per heavy atom. The zero-order valence-electron chi connectivity index (χ0n) is 14.0. The Kier molecular flexibility index (Phi) is 6.00. The molecule has 0 aliphatic heterocycles. The highest BCUT2D eigenvalue weighted by Crippen LogP contribution is 2.13. The molecule has 0 bridgehead atoms. The predicted molar refractivity (Wildman–Crippen MR) is 86.5 cm³/mol. The van der Waals surface area contributed by atoms with Crippen LogP contribution in [0.3, 0.4) is 0 Å².